The fourth-order valence-corrected chi connectivity index (χ4v) is 4.22. The Hall–Kier alpha value is -3.68. The number of nitrogens with one attached hydrogen (secondary N) is 1. The fraction of sp³-hybridized carbons (Fsp3) is 0.269. The van der Waals surface area contributed by atoms with E-state index in [1.165, 1.54) is 12.1 Å². The average Bonchev–Trinajstić information content (AvgIpc) is 2.81. The molecule has 0 atom stereocenters. The van der Waals surface area contributed by atoms with Crippen LogP contribution >= 0.6 is 0 Å². The van der Waals surface area contributed by atoms with Crippen molar-refractivity contribution in [3.05, 3.63) is 100 Å². The quantitative estimate of drug-likeness (QED) is 0.589. The lowest BCUT2D eigenvalue weighted by Crippen LogP contribution is -2.38. The Bertz CT molecular complexity index is 1200. The van der Waals surface area contributed by atoms with Gasteiger partial charge in [0.1, 0.15) is 17.5 Å². The molecule has 1 aliphatic heterocycles. The van der Waals surface area contributed by atoms with Crippen molar-refractivity contribution in [2.75, 3.05) is 13.1 Å². The number of aromatic nitrogens is 1. The number of hydrogen-bond donors (Lipinski definition) is 1. The van der Waals surface area contributed by atoms with Crippen LogP contribution in [0.5, 0.6) is 0 Å². The van der Waals surface area contributed by atoms with Crippen LogP contribution in [0, 0.1) is 24.4 Å². The maximum absolute atomic E-state index is 13.5. The van der Waals surface area contributed by atoms with Gasteiger partial charge in [-0.1, -0.05) is 12.1 Å². The summed E-state index contributed by atoms with van der Waals surface area (Å²) in [6.07, 6.45) is 1.12. The van der Waals surface area contributed by atoms with Crippen LogP contribution in [0.1, 0.15) is 56.4 Å². The highest BCUT2D eigenvalue weighted by atomic mass is 19.1. The van der Waals surface area contributed by atoms with Crippen LogP contribution in [-0.4, -0.2) is 34.8 Å². The lowest BCUT2D eigenvalue weighted by molar-refractivity contribution is 0.0709. The molecule has 0 bridgehead atoms. The van der Waals surface area contributed by atoms with Crippen molar-refractivity contribution in [1.82, 2.24) is 15.2 Å². The molecule has 34 heavy (non-hydrogen) atoms. The third-order valence-corrected chi connectivity index (χ3v) is 5.93. The Kier molecular flexibility index (Phi) is 6.95. The first-order valence-corrected chi connectivity index (χ1v) is 11.1. The van der Waals surface area contributed by atoms with Crippen LogP contribution < -0.4 is 5.32 Å². The molecule has 3 aromatic rings. The summed E-state index contributed by atoms with van der Waals surface area (Å²) >= 11 is 0. The van der Waals surface area contributed by atoms with Gasteiger partial charge in [0.25, 0.3) is 11.8 Å². The fourth-order valence-electron chi connectivity index (χ4n) is 4.22. The van der Waals surface area contributed by atoms with Gasteiger partial charge in [-0.3, -0.25) is 14.6 Å². The minimum atomic E-state index is -0.795. The summed E-state index contributed by atoms with van der Waals surface area (Å²) in [4.78, 5) is 31.8. The van der Waals surface area contributed by atoms with E-state index in [0.717, 1.165) is 23.9 Å². The van der Waals surface area contributed by atoms with E-state index in [2.05, 4.69) is 10.3 Å². The van der Waals surface area contributed by atoms with Crippen LogP contribution in [0.25, 0.3) is 0 Å². The summed E-state index contributed by atoms with van der Waals surface area (Å²) in [5.41, 5.74) is 2.49. The highest BCUT2D eigenvalue weighted by Gasteiger charge is 2.28. The minimum absolute atomic E-state index is 0.0259. The van der Waals surface area contributed by atoms with Gasteiger partial charge in [0, 0.05) is 42.9 Å². The Morgan fingerprint density at radius 2 is 1.68 bits per heavy atom. The van der Waals surface area contributed by atoms with Gasteiger partial charge < -0.3 is 10.2 Å². The number of carbonyl (C=O) groups is 2. The number of benzene rings is 2. The van der Waals surface area contributed by atoms with Crippen molar-refractivity contribution >= 4 is 11.8 Å². The van der Waals surface area contributed by atoms with Crippen molar-refractivity contribution in [2.45, 2.75) is 32.2 Å². The number of pyridine rings is 1. The zero-order chi connectivity index (χ0) is 24.2. The van der Waals surface area contributed by atoms with E-state index in [9.17, 15) is 22.8 Å². The van der Waals surface area contributed by atoms with Gasteiger partial charge in [0.05, 0.1) is 11.3 Å². The summed E-state index contributed by atoms with van der Waals surface area (Å²) in [6.45, 7) is 2.78. The van der Waals surface area contributed by atoms with Gasteiger partial charge >= 0.3 is 0 Å². The molecule has 1 aromatic heterocycles. The standard InChI is InChI=1S/C26H24F3N3O2/c1-16-5-6-23(25(33)30-15-17-3-2-4-20(27)11-17)24(31-16)18-7-9-32(10-8-18)26(34)19-12-21(28)14-22(29)13-19/h2-6,11-14,18H,7-10,15H2,1H3,(H,30,33). The van der Waals surface area contributed by atoms with E-state index in [4.69, 9.17) is 0 Å². The van der Waals surface area contributed by atoms with Gasteiger partial charge in [-0.25, -0.2) is 13.2 Å². The maximum atomic E-state index is 13.5. The second-order valence-corrected chi connectivity index (χ2v) is 8.42. The number of carbonyl (C=O) groups excluding carboxylic acids is 2. The molecule has 2 heterocycles. The third-order valence-electron chi connectivity index (χ3n) is 5.93. The molecule has 2 aromatic carbocycles. The minimum Gasteiger partial charge on any atom is -0.348 e. The number of rotatable bonds is 5. The van der Waals surface area contributed by atoms with Crippen molar-refractivity contribution < 1.29 is 22.8 Å². The Morgan fingerprint density at radius 1 is 0.971 bits per heavy atom. The Labute approximate surface area is 195 Å². The smallest absolute Gasteiger partial charge is 0.254 e. The number of piperidine rings is 1. The molecule has 0 radical (unpaired) electrons. The van der Waals surface area contributed by atoms with Gasteiger partial charge in [-0.2, -0.15) is 0 Å². The van der Waals surface area contributed by atoms with Crippen LogP contribution in [0.2, 0.25) is 0 Å². The highest BCUT2D eigenvalue weighted by molar-refractivity contribution is 5.96. The number of halogens is 3. The topological polar surface area (TPSA) is 62.3 Å². The third kappa shape index (κ3) is 5.44. The maximum Gasteiger partial charge on any atom is 0.254 e. The van der Waals surface area contributed by atoms with E-state index in [1.807, 2.05) is 6.92 Å². The number of amides is 2. The molecule has 4 rings (SSSR count). The zero-order valence-electron chi connectivity index (χ0n) is 18.7. The first-order valence-electron chi connectivity index (χ1n) is 11.1. The summed E-state index contributed by atoms with van der Waals surface area (Å²) in [6, 6.07) is 12.3. The largest absolute Gasteiger partial charge is 0.348 e. The van der Waals surface area contributed by atoms with Crippen molar-refractivity contribution in [2.24, 2.45) is 0 Å². The molecular formula is C26H24F3N3O2. The normalized spacial score (nSPS) is 14.2. The van der Waals surface area contributed by atoms with Crippen molar-refractivity contribution in [1.29, 1.82) is 0 Å². The van der Waals surface area contributed by atoms with E-state index in [1.54, 1.807) is 29.2 Å². The van der Waals surface area contributed by atoms with E-state index in [-0.39, 0.29) is 29.8 Å². The van der Waals surface area contributed by atoms with Gasteiger partial charge in [-0.15, -0.1) is 0 Å². The zero-order valence-corrected chi connectivity index (χ0v) is 18.7. The number of hydrogen-bond acceptors (Lipinski definition) is 3. The SMILES string of the molecule is Cc1ccc(C(=O)NCc2cccc(F)c2)c(C2CCN(C(=O)c3cc(F)cc(F)c3)CC2)n1. The summed E-state index contributed by atoms with van der Waals surface area (Å²) in [5, 5.41) is 2.82. The molecule has 8 heteroatoms. The van der Waals surface area contributed by atoms with Crippen molar-refractivity contribution in [3.8, 4) is 0 Å². The molecule has 1 N–H and O–H groups in total. The first kappa shape index (κ1) is 23.5. The van der Waals surface area contributed by atoms with Crippen LogP contribution in [0.4, 0.5) is 13.2 Å². The first-order chi connectivity index (χ1) is 16.3. The lowest BCUT2D eigenvalue weighted by atomic mass is 9.89. The number of likely N-dealkylation sites (tertiary alicyclic amines) is 1. The molecule has 0 spiro atoms. The van der Waals surface area contributed by atoms with Crippen molar-refractivity contribution in [3.63, 3.8) is 0 Å². The van der Waals surface area contributed by atoms with Gasteiger partial charge in [-0.05, 0) is 61.7 Å². The summed E-state index contributed by atoms with van der Waals surface area (Å²) in [5.74, 6) is -2.75. The molecule has 1 fully saturated rings. The highest BCUT2D eigenvalue weighted by Crippen LogP contribution is 2.30. The lowest BCUT2D eigenvalue weighted by Gasteiger charge is -2.32. The predicted molar refractivity (Wildman–Crippen MR) is 121 cm³/mol. The molecule has 0 saturated carbocycles. The molecule has 0 aliphatic carbocycles. The molecule has 0 unspecified atom stereocenters. The average molecular weight is 467 g/mol. The summed E-state index contributed by atoms with van der Waals surface area (Å²) in [7, 11) is 0. The summed E-state index contributed by atoms with van der Waals surface area (Å²) < 4.78 is 40.4. The van der Waals surface area contributed by atoms with Crippen LogP contribution in [0.3, 0.4) is 0 Å². The van der Waals surface area contributed by atoms with E-state index < -0.39 is 17.5 Å². The van der Waals surface area contributed by atoms with E-state index >= 15 is 0 Å². The Morgan fingerprint density at radius 3 is 2.35 bits per heavy atom. The molecule has 2 amide bonds. The second-order valence-electron chi connectivity index (χ2n) is 8.42. The van der Waals surface area contributed by atoms with Crippen LogP contribution in [-0.2, 0) is 6.54 Å². The number of aryl methyl sites for hydroxylation is 1. The van der Waals surface area contributed by atoms with Gasteiger partial charge in [0.2, 0.25) is 0 Å². The monoisotopic (exact) mass is 467 g/mol. The molecule has 176 valence electrons. The van der Waals surface area contributed by atoms with Gasteiger partial charge in [0.15, 0.2) is 0 Å². The number of nitrogens with zero attached hydrogens (tertiary/aromatic N) is 2. The molecule has 5 nitrogen and oxygen atoms in total. The van der Waals surface area contributed by atoms with Crippen LogP contribution in [0.15, 0.2) is 54.6 Å². The second kappa shape index (κ2) is 10.1. The Balaban J connectivity index is 1.45. The molecule has 1 saturated heterocycles. The molecular weight excluding hydrogens is 443 g/mol. The molecule has 1 aliphatic rings. The predicted octanol–water partition coefficient (Wildman–Crippen LogP) is 4.76. The van der Waals surface area contributed by atoms with E-state index in [0.29, 0.717) is 42.8 Å².